The molecule has 0 aromatic rings. The molecule has 3 heteroatoms. The van der Waals surface area contributed by atoms with Crippen LogP contribution >= 0.6 is 0 Å². The molecule has 0 heterocycles. The Bertz CT molecular complexity index is 336. The minimum absolute atomic E-state index is 0.193. The molecular weight excluding hydrogens is 346 g/mol. The average Bonchev–Trinajstić information content (AvgIpc) is 2.63. The molecule has 28 heavy (non-hydrogen) atoms. The number of rotatable bonds is 21. The van der Waals surface area contributed by atoms with Crippen LogP contribution in [0.25, 0.3) is 0 Å². The third-order valence-corrected chi connectivity index (χ3v) is 5.54. The van der Waals surface area contributed by atoms with Crippen LogP contribution in [0, 0.1) is 0 Å². The lowest BCUT2D eigenvalue weighted by Gasteiger charge is -2.16. The van der Waals surface area contributed by atoms with E-state index in [0.29, 0.717) is 6.42 Å². The van der Waals surface area contributed by atoms with Gasteiger partial charge in [0.05, 0.1) is 5.60 Å². The first-order chi connectivity index (χ1) is 13.5. The van der Waals surface area contributed by atoms with Crippen LogP contribution in [0.1, 0.15) is 143 Å². The molecule has 0 saturated carbocycles. The fourth-order valence-electron chi connectivity index (χ4n) is 3.66. The van der Waals surface area contributed by atoms with Gasteiger partial charge in [0.25, 0.3) is 0 Å². The average molecular weight is 398 g/mol. The molecule has 0 aliphatic carbocycles. The lowest BCUT2D eigenvalue weighted by molar-refractivity contribution is -0.121. The first-order valence-corrected chi connectivity index (χ1v) is 12.4. The van der Waals surface area contributed by atoms with Gasteiger partial charge in [-0.15, -0.1) is 0 Å². The van der Waals surface area contributed by atoms with Gasteiger partial charge in [0.15, 0.2) is 0 Å². The highest BCUT2D eigenvalue weighted by atomic mass is 16.3. The van der Waals surface area contributed by atoms with Gasteiger partial charge < -0.3 is 10.4 Å². The van der Waals surface area contributed by atoms with E-state index in [-0.39, 0.29) is 5.91 Å². The maximum absolute atomic E-state index is 11.8. The molecule has 0 aliphatic heterocycles. The number of unbranched alkanes of at least 4 members (excludes halogenated alkanes) is 15. The molecule has 0 radical (unpaired) electrons. The van der Waals surface area contributed by atoms with Crippen molar-refractivity contribution in [2.24, 2.45) is 0 Å². The zero-order chi connectivity index (χ0) is 20.9. The van der Waals surface area contributed by atoms with Crippen molar-refractivity contribution < 1.29 is 9.90 Å². The molecule has 0 aromatic carbocycles. The van der Waals surface area contributed by atoms with Gasteiger partial charge in [0.2, 0.25) is 5.91 Å². The van der Waals surface area contributed by atoms with Crippen LogP contribution < -0.4 is 5.32 Å². The largest absolute Gasteiger partial charge is 0.390 e. The summed E-state index contributed by atoms with van der Waals surface area (Å²) in [4.78, 5) is 11.8. The molecule has 0 bridgehead atoms. The van der Waals surface area contributed by atoms with Crippen molar-refractivity contribution >= 4 is 5.91 Å². The molecule has 0 aromatic heterocycles. The first-order valence-electron chi connectivity index (χ1n) is 12.4. The molecule has 0 spiro atoms. The molecule has 0 saturated heterocycles. The lowest BCUT2D eigenvalue weighted by atomic mass is 10.0. The fraction of sp³-hybridized carbons (Fsp3) is 0.960. The quantitative estimate of drug-likeness (QED) is 0.199. The second kappa shape index (κ2) is 19.7. The molecule has 0 fully saturated rings. The van der Waals surface area contributed by atoms with Crippen molar-refractivity contribution in [3.8, 4) is 0 Å². The van der Waals surface area contributed by atoms with E-state index in [9.17, 15) is 9.90 Å². The smallest absolute Gasteiger partial charge is 0.219 e. The van der Waals surface area contributed by atoms with Gasteiger partial charge in [-0.05, 0) is 39.5 Å². The topological polar surface area (TPSA) is 49.3 Å². The van der Waals surface area contributed by atoms with Gasteiger partial charge >= 0.3 is 0 Å². The molecule has 3 nitrogen and oxygen atoms in total. The maximum Gasteiger partial charge on any atom is 0.219 e. The summed E-state index contributed by atoms with van der Waals surface area (Å²) >= 11 is 0. The number of aliphatic hydroxyl groups is 1. The Balaban J connectivity index is 3.17. The normalized spacial score (nSPS) is 11.7. The van der Waals surface area contributed by atoms with Gasteiger partial charge in [-0.25, -0.2) is 0 Å². The Morgan fingerprint density at radius 3 is 1.54 bits per heavy atom. The summed E-state index contributed by atoms with van der Waals surface area (Å²) in [6.07, 6.45) is 23.7. The van der Waals surface area contributed by atoms with E-state index in [0.717, 1.165) is 32.2 Å². The highest BCUT2D eigenvalue weighted by molar-refractivity contribution is 5.75. The van der Waals surface area contributed by atoms with Crippen molar-refractivity contribution in [1.82, 2.24) is 5.32 Å². The van der Waals surface area contributed by atoms with Crippen LogP contribution in [0.4, 0.5) is 0 Å². The predicted molar refractivity (Wildman–Crippen MR) is 123 cm³/mol. The van der Waals surface area contributed by atoms with Crippen molar-refractivity contribution in [2.45, 2.75) is 148 Å². The van der Waals surface area contributed by atoms with Crippen molar-refractivity contribution in [3.05, 3.63) is 0 Å². The Labute approximate surface area is 176 Å². The molecule has 0 unspecified atom stereocenters. The van der Waals surface area contributed by atoms with Crippen LogP contribution in [0.5, 0.6) is 0 Å². The third kappa shape index (κ3) is 23.5. The zero-order valence-corrected chi connectivity index (χ0v) is 19.5. The SMILES string of the molecule is CCCCCCCCCCCCCCCCCC(=O)NCCCCC(C)(C)O. The van der Waals surface area contributed by atoms with Gasteiger partial charge in [0.1, 0.15) is 0 Å². The summed E-state index contributed by atoms with van der Waals surface area (Å²) < 4.78 is 0. The second-order valence-electron chi connectivity index (χ2n) is 9.32. The number of carbonyl (C=O) groups excluding carboxylic acids is 1. The van der Waals surface area contributed by atoms with Crippen molar-refractivity contribution in [2.75, 3.05) is 6.54 Å². The number of carbonyl (C=O) groups is 1. The van der Waals surface area contributed by atoms with Crippen LogP contribution in [-0.2, 0) is 4.79 Å². The van der Waals surface area contributed by atoms with Crippen LogP contribution in [0.15, 0.2) is 0 Å². The third-order valence-electron chi connectivity index (χ3n) is 5.54. The minimum Gasteiger partial charge on any atom is -0.390 e. The molecule has 0 rings (SSSR count). The monoisotopic (exact) mass is 397 g/mol. The van der Waals surface area contributed by atoms with Gasteiger partial charge in [0, 0.05) is 13.0 Å². The summed E-state index contributed by atoms with van der Waals surface area (Å²) in [7, 11) is 0. The fourth-order valence-corrected chi connectivity index (χ4v) is 3.66. The number of nitrogens with one attached hydrogen (secondary N) is 1. The molecule has 0 aliphatic rings. The molecular formula is C25H51NO2. The van der Waals surface area contributed by atoms with Crippen molar-refractivity contribution in [3.63, 3.8) is 0 Å². The van der Waals surface area contributed by atoms with E-state index in [4.69, 9.17) is 0 Å². The Hall–Kier alpha value is -0.570. The van der Waals surface area contributed by atoms with Crippen LogP contribution in [-0.4, -0.2) is 23.2 Å². The summed E-state index contributed by atoms with van der Waals surface area (Å²) in [6, 6.07) is 0. The number of amides is 1. The summed E-state index contributed by atoms with van der Waals surface area (Å²) in [6.45, 7) is 6.69. The standard InChI is InChI=1S/C25H51NO2/c1-4-5-6-7-8-9-10-11-12-13-14-15-16-17-18-21-24(27)26-23-20-19-22-25(2,3)28/h28H,4-23H2,1-3H3,(H,26,27). The maximum atomic E-state index is 11.8. The Morgan fingerprint density at radius 1 is 0.679 bits per heavy atom. The van der Waals surface area contributed by atoms with E-state index in [1.807, 2.05) is 13.8 Å². The second-order valence-corrected chi connectivity index (χ2v) is 9.32. The summed E-state index contributed by atoms with van der Waals surface area (Å²) in [5, 5.41) is 12.6. The van der Waals surface area contributed by atoms with Gasteiger partial charge in [-0.2, -0.15) is 0 Å². The Kier molecular flexibility index (Phi) is 19.3. The molecule has 0 atom stereocenters. The molecule has 2 N–H and O–H groups in total. The van der Waals surface area contributed by atoms with E-state index in [2.05, 4.69) is 12.2 Å². The van der Waals surface area contributed by atoms with Gasteiger partial charge in [-0.1, -0.05) is 96.8 Å². The van der Waals surface area contributed by atoms with E-state index in [1.165, 1.54) is 89.9 Å². The van der Waals surface area contributed by atoms with E-state index in [1.54, 1.807) is 0 Å². The van der Waals surface area contributed by atoms with Gasteiger partial charge in [-0.3, -0.25) is 4.79 Å². The number of hydrogen-bond donors (Lipinski definition) is 2. The molecule has 168 valence electrons. The Morgan fingerprint density at radius 2 is 1.11 bits per heavy atom. The highest BCUT2D eigenvalue weighted by Gasteiger charge is 2.11. The minimum atomic E-state index is -0.585. The zero-order valence-electron chi connectivity index (χ0n) is 19.5. The highest BCUT2D eigenvalue weighted by Crippen LogP contribution is 2.14. The summed E-state index contributed by atoms with van der Waals surface area (Å²) in [5.41, 5.74) is -0.585. The lowest BCUT2D eigenvalue weighted by Crippen LogP contribution is -2.25. The predicted octanol–water partition coefficient (Wildman–Crippen LogP) is 7.31. The summed E-state index contributed by atoms with van der Waals surface area (Å²) in [5.74, 6) is 0.193. The van der Waals surface area contributed by atoms with E-state index < -0.39 is 5.60 Å². The van der Waals surface area contributed by atoms with Crippen molar-refractivity contribution in [1.29, 1.82) is 0 Å². The van der Waals surface area contributed by atoms with Crippen LogP contribution in [0.3, 0.4) is 0 Å². The first kappa shape index (κ1) is 27.4. The van der Waals surface area contributed by atoms with Crippen LogP contribution in [0.2, 0.25) is 0 Å². The molecule has 1 amide bonds. The van der Waals surface area contributed by atoms with E-state index >= 15 is 0 Å². The number of hydrogen-bond acceptors (Lipinski definition) is 2.